The van der Waals surface area contributed by atoms with Gasteiger partial charge in [0, 0.05) is 39.8 Å². The number of hydrogen-bond donors (Lipinski definition) is 2. The molecule has 5 heterocycles. The molecule has 7 aromatic rings. The van der Waals surface area contributed by atoms with Gasteiger partial charge < -0.3 is 14.5 Å². The van der Waals surface area contributed by atoms with Crippen LogP contribution in [-0.4, -0.2) is 25.1 Å². The van der Waals surface area contributed by atoms with Crippen LogP contribution in [-0.2, 0) is 0 Å². The van der Waals surface area contributed by atoms with E-state index >= 15 is 0 Å². The molecule has 5 aromatic heterocycles. The van der Waals surface area contributed by atoms with Gasteiger partial charge in [-0.1, -0.05) is 65.3 Å². The summed E-state index contributed by atoms with van der Waals surface area (Å²) in [6, 6.07) is 24.5. The van der Waals surface area contributed by atoms with Crippen molar-refractivity contribution in [2.75, 3.05) is 0 Å². The molecule has 6 nitrogen and oxygen atoms in total. The molecule has 0 aliphatic carbocycles. The predicted molar refractivity (Wildman–Crippen MR) is 163 cm³/mol. The number of nitrogens with zero attached hydrogens (tertiary/aromatic N) is 3. The highest BCUT2D eigenvalue weighted by molar-refractivity contribution is 6.30. The Labute approximate surface area is 237 Å². The normalized spacial score (nSPS) is 11.1. The number of H-pyrrole nitrogens is 2. The van der Waals surface area contributed by atoms with Crippen molar-refractivity contribution in [2.24, 2.45) is 0 Å². The Hall–Kier alpha value is -4.68. The average molecular weight is 546 g/mol. The van der Waals surface area contributed by atoms with E-state index in [1.807, 2.05) is 62.6 Å². The number of aromatic nitrogens is 5. The molecular weight excluding hydrogens is 518 g/mol. The summed E-state index contributed by atoms with van der Waals surface area (Å²) in [5.41, 5.74) is 11.4. The first-order chi connectivity index (χ1) is 19.4. The van der Waals surface area contributed by atoms with E-state index in [1.54, 1.807) is 0 Å². The number of nitrogens with one attached hydrogen (secondary N) is 2. The minimum Gasteiger partial charge on any atom is -0.361 e. The van der Waals surface area contributed by atoms with Crippen LogP contribution >= 0.6 is 11.6 Å². The van der Waals surface area contributed by atoms with Crippen molar-refractivity contribution in [3.8, 4) is 33.8 Å². The van der Waals surface area contributed by atoms with Gasteiger partial charge in [0.25, 0.3) is 0 Å². The molecule has 40 heavy (non-hydrogen) atoms. The van der Waals surface area contributed by atoms with Gasteiger partial charge >= 0.3 is 0 Å². The smallest absolute Gasteiger partial charge is 0.143 e. The Bertz CT molecular complexity index is 1960. The molecule has 0 fully saturated rings. The van der Waals surface area contributed by atoms with E-state index in [-0.39, 0.29) is 0 Å². The summed E-state index contributed by atoms with van der Waals surface area (Å²) in [5, 5.41) is 6.79. The topological polar surface area (TPSA) is 83.4 Å². The van der Waals surface area contributed by atoms with Gasteiger partial charge in [0.2, 0.25) is 0 Å². The SMILES string of the molecule is Cc1ccccc1-c1nc(-c2c(C)noc2C)cc2[nH]ccc12.Cc1ccccc1-c1nc(Cl)cc2[nH]ccc12. The zero-order valence-corrected chi connectivity index (χ0v) is 23.5. The number of aromatic amines is 2. The second kappa shape index (κ2) is 10.5. The van der Waals surface area contributed by atoms with Crippen LogP contribution in [0.4, 0.5) is 0 Å². The average Bonchev–Trinajstić information content (AvgIpc) is 3.69. The van der Waals surface area contributed by atoms with Gasteiger partial charge in [-0.15, -0.1) is 0 Å². The molecular formula is C33H28ClN5O. The van der Waals surface area contributed by atoms with Crippen molar-refractivity contribution in [3.05, 3.63) is 113 Å². The van der Waals surface area contributed by atoms with E-state index in [0.717, 1.165) is 67.0 Å². The van der Waals surface area contributed by atoms with Gasteiger partial charge in [0.15, 0.2) is 0 Å². The number of pyridine rings is 2. The molecule has 0 bridgehead atoms. The first-order valence-electron chi connectivity index (χ1n) is 13.1. The molecule has 198 valence electrons. The molecule has 0 amide bonds. The molecule has 0 aliphatic heterocycles. The van der Waals surface area contributed by atoms with E-state index < -0.39 is 0 Å². The highest BCUT2D eigenvalue weighted by Gasteiger charge is 2.17. The lowest BCUT2D eigenvalue weighted by atomic mass is 10.0. The number of fused-ring (bicyclic) bond motifs is 2. The molecule has 0 aliphatic rings. The first kappa shape index (κ1) is 25.6. The monoisotopic (exact) mass is 545 g/mol. The molecule has 2 N–H and O–H groups in total. The van der Waals surface area contributed by atoms with Gasteiger partial charge in [-0.25, -0.2) is 9.97 Å². The summed E-state index contributed by atoms with van der Waals surface area (Å²) in [6.45, 7) is 8.05. The Morgan fingerprint density at radius 1 is 0.675 bits per heavy atom. The largest absolute Gasteiger partial charge is 0.361 e. The van der Waals surface area contributed by atoms with Crippen molar-refractivity contribution in [2.45, 2.75) is 27.7 Å². The van der Waals surface area contributed by atoms with Gasteiger partial charge in [-0.05, 0) is 63.1 Å². The van der Waals surface area contributed by atoms with E-state index in [2.05, 4.69) is 70.4 Å². The number of aryl methyl sites for hydroxylation is 4. The van der Waals surface area contributed by atoms with Crippen molar-refractivity contribution < 1.29 is 4.52 Å². The Kier molecular flexibility index (Phi) is 6.70. The maximum absolute atomic E-state index is 6.05. The highest BCUT2D eigenvalue weighted by atomic mass is 35.5. The fourth-order valence-electron chi connectivity index (χ4n) is 5.15. The minimum absolute atomic E-state index is 0.512. The van der Waals surface area contributed by atoms with Crippen molar-refractivity contribution in [1.82, 2.24) is 25.1 Å². The van der Waals surface area contributed by atoms with Crippen LogP contribution in [0.1, 0.15) is 22.6 Å². The second-order valence-corrected chi connectivity index (χ2v) is 10.2. The maximum Gasteiger partial charge on any atom is 0.143 e. The Morgan fingerprint density at radius 2 is 1.23 bits per heavy atom. The predicted octanol–water partition coefficient (Wildman–Crippen LogP) is 9.00. The number of rotatable bonds is 3. The summed E-state index contributed by atoms with van der Waals surface area (Å²) >= 11 is 6.05. The van der Waals surface area contributed by atoms with Crippen LogP contribution in [0.2, 0.25) is 5.15 Å². The van der Waals surface area contributed by atoms with Crippen LogP contribution in [0.25, 0.3) is 55.6 Å². The summed E-state index contributed by atoms with van der Waals surface area (Å²) in [7, 11) is 0. The van der Waals surface area contributed by atoms with Crippen molar-refractivity contribution in [1.29, 1.82) is 0 Å². The molecule has 7 rings (SSSR count). The summed E-state index contributed by atoms with van der Waals surface area (Å²) < 4.78 is 5.31. The van der Waals surface area contributed by atoms with E-state index in [9.17, 15) is 0 Å². The number of hydrogen-bond acceptors (Lipinski definition) is 4. The quantitative estimate of drug-likeness (QED) is 0.217. The maximum atomic E-state index is 6.05. The summed E-state index contributed by atoms with van der Waals surface area (Å²) in [6.07, 6.45) is 3.86. The highest BCUT2D eigenvalue weighted by Crippen LogP contribution is 2.34. The van der Waals surface area contributed by atoms with Gasteiger partial charge in [0.1, 0.15) is 10.9 Å². The van der Waals surface area contributed by atoms with Gasteiger partial charge in [-0.2, -0.15) is 0 Å². The van der Waals surface area contributed by atoms with Crippen LogP contribution < -0.4 is 0 Å². The molecule has 0 saturated carbocycles. The number of halogens is 1. The van der Waals surface area contributed by atoms with E-state index in [0.29, 0.717) is 5.15 Å². The van der Waals surface area contributed by atoms with Gasteiger partial charge in [-0.3, -0.25) is 0 Å². The third-order valence-electron chi connectivity index (χ3n) is 7.15. The van der Waals surface area contributed by atoms with Gasteiger partial charge in [0.05, 0.1) is 33.9 Å². The molecule has 2 aromatic carbocycles. The zero-order valence-electron chi connectivity index (χ0n) is 22.7. The molecule has 0 atom stereocenters. The van der Waals surface area contributed by atoms with Crippen LogP contribution in [0.5, 0.6) is 0 Å². The van der Waals surface area contributed by atoms with Crippen LogP contribution in [0.15, 0.2) is 89.7 Å². The lowest BCUT2D eigenvalue weighted by Crippen LogP contribution is -1.93. The van der Waals surface area contributed by atoms with E-state index in [1.165, 1.54) is 11.1 Å². The molecule has 0 radical (unpaired) electrons. The Morgan fingerprint density at radius 3 is 1.77 bits per heavy atom. The van der Waals surface area contributed by atoms with Crippen molar-refractivity contribution in [3.63, 3.8) is 0 Å². The molecule has 0 saturated heterocycles. The van der Waals surface area contributed by atoms with Crippen LogP contribution in [0, 0.1) is 27.7 Å². The first-order valence-corrected chi connectivity index (χ1v) is 13.5. The standard InChI is InChI=1S/C19H17N3O.C14H11ClN2/c1-11-6-4-5-7-14(11)19-15-8-9-20-16(15)10-17(21-19)18-12(2)22-23-13(18)3;1-9-4-2-3-5-10(9)14-11-6-7-16-12(11)8-13(15)17-14/h4-10,20H,1-3H3;2-8,16H,1H3. The second-order valence-electron chi connectivity index (χ2n) is 9.86. The third kappa shape index (κ3) is 4.67. The third-order valence-corrected chi connectivity index (χ3v) is 7.35. The minimum atomic E-state index is 0.512. The molecule has 0 spiro atoms. The number of benzene rings is 2. The fraction of sp³-hybridized carbons (Fsp3) is 0.121. The fourth-order valence-corrected chi connectivity index (χ4v) is 5.34. The van der Waals surface area contributed by atoms with Crippen LogP contribution in [0.3, 0.4) is 0 Å². The molecule has 0 unspecified atom stereocenters. The van der Waals surface area contributed by atoms with Crippen molar-refractivity contribution >= 4 is 33.4 Å². The lowest BCUT2D eigenvalue weighted by Gasteiger charge is -2.09. The summed E-state index contributed by atoms with van der Waals surface area (Å²) in [5.74, 6) is 0.789. The zero-order chi connectivity index (χ0) is 27.8. The lowest BCUT2D eigenvalue weighted by molar-refractivity contribution is 0.393. The Balaban J connectivity index is 0.000000151. The molecule has 7 heteroatoms. The summed E-state index contributed by atoms with van der Waals surface area (Å²) in [4.78, 5) is 15.9. The van der Waals surface area contributed by atoms with E-state index in [4.69, 9.17) is 21.1 Å².